The van der Waals surface area contributed by atoms with E-state index in [-0.39, 0.29) is 12.1 Å². The van der Waals surface area contributed by atoms with Gasteiger partial charge in [0.05, 0.1) is 0 Å². The smallest absolute Gasteiger partial charge is 0.317 e. The minimum absolute atomic E-state index is 0.0109. The first-order valence-corrected chi connectivity index (χ1v) is 8.73. The zero-order valence-electron chi connectivity index (χ0n) is 14.8. The van der Waals surface area contributed by atoms with Crippen molar-refractivity contribution in [1.82, 2.24) is 4.90 Å². The van der Waals surface area contributed by atoms with Gasteiger partial charge in [0.15, 0.2) is 0 Å². The Bertz CT molecular complexity index is 687. The highest BCUT2D eigenvalue weighted by atomic mass is 16.2. The average molecular weight is 322 g/mol. The fraction of sp³-hybridized carbons (Fsp3) is 0.381. The third-order valence-electron chi connectivity index (χ3n) is 4.73. The summed E-state index contributed by atoms with van der Waals surface area (Å²) in [7, 11) is 0. The number of nitrogens with zero attached hydrogens (tertiary/aromatic N) is 1. The second-order valence-corrected chi connectivity index (χ2v) is 7.00. The van der Waals surface area contributed by atoms with Crippen LogP contribution in [-0.4, -0.2) is 17.0 Å². The first kappa shape index (κ1) is 16.6. The molecule has 1 fully saturated rings. The summed E-state index contributed by atoms with van der Waals surface area (Å²) in [4.78, 5) is 14.9. The summed E-state index contributed by atoms with van der Waals surface area (Å²) in [6.07, 6.45) is 2.45. The van der Waals surface area contributed by atoms with E-state index < -0.39 is 0 Å². The Hall–Kier alpha value is -2.29. The number of carbonyl (C=O) groups excluding carboxylic acids is 1. The molecule has 2 amide bonds. The van der Waals surface area contributed by atoms with Crippen LogP contribution in [0.15, 0.2) is 48.5 Å². The summed E-state index contributed by atoms with van der Waals surface area (Å²) < 4.78 is 0. The molecule has 126 valence electrons. The van der Waals surface area contributed by atoms with Gasteiger partial charge in [0.1, 0.15) is 0 Å². The summed E-state index contributed by atoms with van der Waals surface area (Å²) in [5.41, 5.74) is 4.37. The van der Waals surface area contributed by atoms with Crippen molar-refractivity contribution >= 4 is 11.7 Å². The second-order valence-electron chi connectivity index (χ2n) is 7.00. The number of nitrogens with one attached hydrogen (secondary N) is 1. The van der Waals surface area contributed by atoms with Gasteiger partial charge in [-0.15, -0.1) is 0 Å². The number of urea groups is 1. The number of amides is 2. The average Bonchev–Trinajstić information content (AvgIpc) is 3.36. The fourth-order valence-electron chi connectivity index (χ4n) is 3.26. The number of benzene rings is 2. The van der Waals surface area contributed by atoms with Gasteiger partial charge in [-0.1, -0.05) is 36.4 Å². The maximum Gasteiger partial charge on any atom is 0.322 e. The van der Waals surface area contributed by atoms with Crippen LogP contribution in [0.3, 0.4) is 0 Å². The van der Waals surface area contributed by atoms with E-state index in [1.165, 1.54) is 18.4 Å². The predicted molar refractivity (Wildman–Crippen MR) is 99.1 cm³/mol. The SMILES string of the molecule is Cc1cc(C)cc(NC(=O)N(Cc2ccccc2)C(C)C2CC2)c1. The van der Waals surface area contributed by atoms with E-state index in [9.17, 15) is 4.79 Å². The van der Waals surface area contributed by atoms with Gasteiger partial charge >= 0.3 is 6.03 Å². The van der Waals surface area contributed by atoms with Crippen molar-refractivity contribution in [3.05, 3.63) is 65.2 Å². The lowest BCUT2D eigenvalue weighted by atomic mass is 10.1. The summed E-state index contributed by atoms with van der Waals surface area (Å²) in [6, 6.07) is 16.6. The summed E-state index contributed by atoms with van der Waals surface area (Å²) >= 11 is 0. The van der Waals surface area contributed by atoms with Crippen LogP contribution in [0.25, 0.3) is 0 Å². The van der Waals surface area contributed by atoms with E-state index in [0.717, 1.165) is 16.8 Å². The largest absolute Gasteiger partial charge is 0.322 e. The normalized spacial score (nSPS) is 15.0. The zero-order valence-corrected chi connectivity index (χ0v) is 14.8. The summed E-state index contributed by atoms with van der Waals surface area (Å²) in [6.45, 7) is 6.92. The Kier molecular flexibility index (Phi) is 4.89. The lowest BCUT2D eigenvalue weighted by Gasteiger charge is -2.30. The third kappa shape index (κ3) is 4.16. The van der Waals surface area contributed by atoms with Crippen molar-refractivity contribution < 1.29 is 4.79 Å². The lowest BCUT2D eigenvalue weighted by Crippen LogP contribution is -2.42. The molecule has 0 bridgehead atoms. The van der Waals surface area contributed by atoms with E-state index in [1.54, 1.807) is 0 Å². The van der Waals surface area contributed by atoms with Gasteiger partial charge in [-0.3, -0.25) is 0 Å². The van der Waals surface area contributed by atoms with Gasteiger partial charge in [-0.05, 0) is 68.4 Å². The van der Waals surface area contributed by atoms with E-state index in [4.69, 9.17) is 0 Å². The number of rotatable bonds is 5. The van der Waals surface area contributed by atoms with Crippen LogP contribution in [0, 0.1) is 19.8 Å². The van der Waals surface area contributed by atoms with E-state index in [0.29, 0.717) is 12.5 Å². The molecular weight excluding hydrogens is 296 g/mol. The van der Waals surface area contributed by atoms with Crippen molar-refractivity contribution in [2.75, 3.05) is 5.32 Å². The minimum Gasteiger partial charge on any atom is -0.317 e. The molecule has 1 saturated carbocycles. The molecule has 0 heterocycles. The minimum atomic E-state index is -0.0109. The Labute approximate surface area is 144 Å². The molecule has 0 aliphatic heterocycles. The standard InChI is InChI=1S/C21H26N2O/c1-15-11-16(2)13-20(12-15)22-21(24)23(17(3)19-9-10-19)14-18-7-5-4-6-8-18/h4-8,11-13,17,19H,9-10,14H2,1-3H3,(H,22,24). The van der Waals surface area contributed by atoms with Crippen LogP contribution >= 0.6 is 0 Å². The Morgan fingerprint density at radius 3 is 2.33 bits per heavy atom. The molecule has 0 aromatic heterocycles. The Morgan fingerprint density at radius 1 is 1.12 bits per heavy atom. The van der Waals surface area contributed by atoms with Crippen LogP contribution in [0.1, 0.15) is 36.5 Å². The van der Waals surface area contributed by atoms with Gasteiger partial charge in [0.2, 0.25) is 0 Å². The maximum atomic E-state index is 12.9. The molecule has 1 aliphatic carbocycles. The zero-order chi connectivity index (χ0) is 17.1. The van der Waals surface area contributed by atoms with Gasteiger partial charge in [-0.25, -0.2) is 4.79 Å². The number of anilines is 1. The van der Waals surface area contributed by atoms with E-state index in [2.05, 4.69) is 44.3 Å². The van der Waals surface area contributed by atoms with E-state index in [1.807, 2.05) is 35.2 Å². The second kappa shape index (κ2) is 7.08. The molecule has 1 N–H and O–H groups in total. The summed E-state index contributed by atoms with van der Waals surface area (Å²) in [5.74, 6) is 0.638. The van der Waals surface area contributed by atoms with Crippen LogP contribution in [0.4, 0.5) is 10.5 Å². The fourth-order valence-corrected chi connectivity index (χ4v) is 3.26. The highest BCUT2D eigenvalue weighted by Gasteiger charge is 2.34. The Morgan fingerprint density at radius 2 is 1.75 bits per heavy atom. The van der Waals surface area contributed by atoms with Crippen LogP contribution in [0.2, 0.25) is 0 Å². The number of hydrogen-bond acceptors (Lipinski definition) is 1. The quantitative estimate of drug-likeness (QED) is 0.812. The third-order valence-corrected chi connectivity index (χ3v) is 4.73. The lowest BCUT2D eigenvalue weighted by molar-refractivity contribution is 0.181. The highest BCUT2D eigenvalue weighted by molar-refractivity contribution is 5.89. The van der Waals surface area contributed by atoms with Crippen molar-refractivity contribution in [3.8, 4) is 0 Å². The van der Waals surface area contributed by atoms with Crippen molar-refractivity contribution in [2.24, 2.45) is 5.92 Å². The van der Waals surface area contributed by atoms with Gasteiger partial charge in [0.25, 0.3) is 0 Å². The van der Waals surface area contributed by atoms with Crippen LogP contribution in [0.5, 0.6) is 0 Å². The van der Waals surface area contributed by atoms with Crippen molar-refractivity contribution in [1.29, 1.82) is 0 Å². The molecule has 3 rings (SSSR count). The molecule has 24 heavy (non-hydrogen) atoms. The molecule has 1 unspecified atom stereocenters. The van der Waals surface area contributed by atoms with Crippen LogP contribution in [-0.2, 0) is 6.54 Å². The van der Waals surface area contributed by atoms with Gasteiger partial charge in [-0.2, -0.15) is 0 Å². The molecule has 1 aliphatic rings. The molecule has 2 aromatic carbocycles. The molecule has 2 aromatic rings. The molecular formula is C21H26N2O. The number of aryl methyl sites for hydroxylation is 2. The Balaban J connectivity index is 1.77. The van der Waals surface area contributed by atoms with Crippen molar-refractivity contribution in [2.45, 2.75) is 46.2 Å². The van der Waals surface area contributed by atoms with Crippen LogP contribution < -0.4 is 5.32 Å². The first-order chi connectivity index (χ1) is 11.5. The van der Waals surface area contributed by atoms with Crippen molar-refractivity contribution in [3.63, 3.8) is 0 Å². The highest BCUT2D eigenvalue weighted by Crippen LogP contribution is 2.36. The predicted octanol–water partition coefficient (Wildman–Crippen LogP) is 5.14. The molecule has 3 heteroatoms. The van der Waals surface area contributed by atoms with Gasteiger partial charge < -0.3 is 10.2 Å². The molecule has 0 saturated heterocycles. The first-order valence-electron chi connectivity index (χ1n) is 8.73. The molecule has 3 nitrogen and oxygen atoms in total. The number of carbonyl (C=O) groups is 1. The molecule has 1 atom stereocenters. The monoisotopic (exact) mass is 322 g/mol. The number of hydrogen-bond donors (Lipinski definition) is 1. The molecule has 0 spiro atoms. The topological polar surface area (TPSA) is 32.3 Å². The van der Waals surface area contributed by atoms with E-state index >= 15 is 0 Å². The maximum absolute atomic E-state index is 12.9. The van der Waals surface area contributed by atoms with Gasteiger partial charge in [0, 0.05) is 18.3 Å². The molecule has 0 radical (unpaired) electrons. The summed E-state index contributed by atoms with van der Waals surface area (Å²) in [5, 5.41) is 3.09.